The predicted octanol–water partition coefficient (Wildman–Crippen LogP) is 2.07. The van der Waals surface area contributed by atoms with E-state index < -0.39 is 18.1 Å². The van der Waals surface area contributed by atoms with Crippen molar-refractivity contribution < 1.29 is 18.7 Å². The Balaban J connectivity index is 1.85. The van der Waals surface area contributed by atoms with Crippen molar-refractivity contribution in [3.8, 4) is 0 Å². The first-order valence-corrected chi connectivity index (χ1v) is 7.82. The van der Waals surface area contributed by atoms with Crippen LogP contribution in [0.3, 0.4) is 0 Å². The number of anilines is 1. The van der Waals surface area contributed by atoms with Crippen LogP contribution in [0.2, 0.25) is 0 Å². The summed E-state index contributed by atoms with van der Waals surface area (Å²) in [5.41, 5.74) is 1.59. The summed E-state index contributed by atoms with van der Waals surface area (Å²) in [6.45, 7) is 1.71. The highest BCUT2D eigenvalue weighted by Gasteiger charge is 2.40. The van der Waals surface area contributed by atoms with Gasteiger partial charge in [-0.05, 0) is 36.2 Å². The number of morpholine rings is 1. The van der Waals surface area contributed by atoms with Crippen LogP contribution >= 0.6 is 0 Å². The number of rotatable bonds is 3. The average Bonchev–Trinajstić information content (AvgIpc) is 2.60. The van der Waals surface area contributed by atoms with Gasteiger partial charge in [-0.15, -0.1) is 0 Å². The van der Waals surface area contributed by atoms with Crippen molar-refractivity contribution in [2.45, 2.75) is 19.1 Å². The van der Waals surface area contributed by atoms with Crippen LogP contribution in [0.4, 0.5) is 10.2 Å². The molecular weight excluding hydrogens is 325 g/mol. The van der Waals surface area contributed by atoms with Crippen molar-refractivity contribution in [3.05, 3.63) is 59.5 Å². The second-order valence-corrected chi connectivity index (χ2v) is 5.94. The molecule has 2 amide bonds. The van der Waals surface area contributed by atoms with Crippen molar-refractivity contribution in [1.82, 2.24) is 9.88 Å². The molecule has 0 bridgehead atoms. The molecule has 1 fully saturated rings. The summed E-state index contributed by atoms with van der Waals surface area (Å²) in [5.74, 6) is -0.646. The van der Waals surface area contributed by atoms with Gasteiger partial charge in [-0.2, -0.15) is 0 Å². The van der Waals surface area contributed by atoms with Crippen LogP contribution < -0.4 is 5.32 Å². The molecule has 1 aliphatic heterocycles. The van der Waals surface area contributed by atoms with E-state index in [-0.39, 0.29) is 18.3 Å². The van der Waals surface area contributed by atoms with Gasteiger partial charge in [0.2, 0.25) is 5.91 Å². The summed E-state index contributed by atoms with van der Waals surface area (Å²) in [6, 6.07) is 8.55. The maximum atomic E-state index is 13.2. The Bertz CT molecular complexity index is 777. The van der Waals surface area contributed by atoms with E-state index in [1.54, 1.807) is 31.4 Å². The molecule has 1 N–H and O–H groups in total. The molecule has 1 aromatic carbocycles. The molecule has 2 atom stereocenters. The molecule has 2 aromatic rings. The van der Waals surface area contributed by atoms with E-state index in [1.165, 1.54) is 17.0 Å². The molecule has 1 saturated heterocycles. The third-order valence-electron chi connectivity index (χ3n) is 4.12. The van der Waals surface area contributed by atoms with E-state index in [9.17, 15) is 14.0 Å². The van der Waals surface area contributed by atoms with E-state index in [1.807, 2.05) is 13.0 Å². The maximum Gasteiger partial charge on any atom is 0.257 e. The number of carbonyl (C=O) groups is 2. The summed E-state index contributed by atoms with van der Waals surface area (Å²) in [7, 11) is 1.60. The second-order valence-electron chi connectivity index (χ2n) is 5.94. The summed E-state index contributed by atoms with van der Waals surface area (Å²) in [4.78, 5) is 30.2. The number of benzene rings is 1. The number of amides is 2. The van der Waals surface area contributed by atoms with E-state index in [0.717, 1.165) is 5.56 Å². The second kappa shape index (κ2) is 6.98. The lowest BCUT2D eigenvalue weighted by atomic mass is 9.97. The molecule has 2 heterocycles. The number of aromatic nitrogens is 1. The normalized spacial score (nSPS) is 20.4. The fourth-order valence-corrected chi connectivity index (χ4v) is 2.73. The lowest BCUT2D eigenvalue weighted by Crippen LogP contribution is -2.51. The van der Waals surface area contributed by atoms with Crippen LogP contribution in [-0.4, -0.2) is 41.5 Å². The Morgan fingerprint density at radius 2 is 2.00 bits per heavy atom. The Kier molecular flexibility index (Phi) is 4.76. The van der Waals surface area contributed by atoms with Crippen LogP contribution in [0.15, 0.2) is 42.6 Å². The minimum absolute atomic E-state index is 0.187. The summed E-state index contributed by atoms with van der Waals surface area (Å²) in [6.07, 6.45) is 0.723. The van der Waals surface area contributed by atoms with E-state index in [2.05, 4.69) is 10.3 Å². The summed E-state index contributed by atoms with van der Waals surface area (Å²) < 4.78 is 18.7. The average molecular weight is 343 g/mol. The number of carbonyl (C=O) groups excluding carboxylic acids is 2. The van der Waals surface area contributed by atoms with Crippen molar-refractivity contribution in [2.75, 3.05) is 19.0 Å². The number of halogens is 1. The van der Waals surface area contributed by atoms with Gasteiger partial charge in [-0.1, -0.05) is 18.2 Å². The third kappa shape index (κ3) is 3.66. The smallest absolute Gasteiger partial charge is 0.257 e. The minimum Gasteiger partial charge on any atom is -0.356 e. The van der Waals surface area contributed by atoms with Crippen molar-refractivity contribution in [2.24, 2.45) is 0 Å². The molecule has 0 saturated carbocycles. The van der Waals surface area contributed by atoms with Gasteiger partial charge >= 0.3 is 0 Å². The van der Waals surface area contributed by atoms with Gasteiger partial charge in [0.25, 0.3) is 5.91 Å². The fourth-order valence-electron chi connectivity index (χ4n) is 2.73. The maximum absolute atomic E-state index is 13.2. The Morgan fingerprint density at radius 1 is 1.28 bits per heavy atom. The number of pyridine rings is 1. The van der Waals surface area contributed by atoms with Crippen molar-refractivity contribution in [1.29, 1.82) is 0 Å². The quantitative estimate of drug-likeness (QED) is 0.926. The highest BCUT2D eigenvalue weighted by atomic mass is 19.1. The van der Waals surface area contributed by atoms with Gasteiger partial charge < -0.3 is 15.0 Å². The molecule has 7 heteroatoms. The molecular formula is C18H18FN3O3. The Hall–Kier alpha value is -2.80. The predicted molar refractivity (Wildman–Crippen MR) is 89.3 cm³/mol. The number of nitrogens with zero attached hydrogens (tertiary/aromatic N) is 2. The number of nitrogens with one attached hydrogen (secondary N) is 1. The van der Waals surface area contributed by atoms with Gasteiger partial charge in [0.05, 0.1) is 6.04 Å². The Labute approximate surface area is 144 Å². The third-order valence-corrected chi connectivity index (χ3v) is 4.12. The molecule has 0 radical (unpaired) electrons. The highest BCUT2D eigenvalue weighted by Crippen LogP contribution is 2.30. The molecule has 0 aliphatic carbocycles. The first-order chi connectivity index (χ1) is 12.0. The van der Waals surface area contributed by atoms with Crippen molar-refractivity contribution >= 4 is 17.6 Å². The largest absolute Gasteiger partial charge is 0.356 e. The zero-order chi connectivity index (χ0) is 18.0. The van der Waals surface area contributed by atoms with Gasteiger partial charge in [-0.25, -0.2) is 9.37 Å². The minimum atomic E-state index is -0.920. The van der Waals surface area contributed by atoms with Crippen LogP contribution in [0.25, 0.3) is 0 Å². The molecule has 1 aromatic heterocycles. The lowest BCUT2D eigenvalue weighted by Gasteiger charge is -2.38. The lowest BCUT2D eigenvalue weighted by molar-refractivity contribution is -0.160. The molecule has 3 rings (SSSR count). The van der Waals surface area contributed by atoms with Crippen LogP contribution in [0.1, 0.15) is 17.2 Å². The standard InChI is InChI=1S/C18H18FN3O3/c1-11-3-8-14(20-9-11)21-18(24)17-16(22(2)15(23)10-25-17)12-4-6-13(19)7-5-12/h3-9,16-17H,10H2,1-2H3,(H,20,21,24)/t16-,17+/m1/s1. The number of hydrogen-bond donors (Lipinski definition) is 1. The number of ether oxygens (including phenoxy) is 1. The highest BCUT2D eigenvalue weighted by molar-refractivity contribution is 5.95. The number of aryl methyl sites for hydroxylation is 1. The van der Waals surface area contributed by atoms with Gasteiger partial charge in [0.1, 0.15) is 18.2 Å². The zero-order valence-electron chi connectivity index (χ0n) is 13.9. The van der Waals surface area contributed by atoms with Gasteiger partial charge in [0, 0.05) is 13.2 Å². The van der Waals surface area contributed by atoms with E-state index in [4.69, 9.17) is 4.74 Å². The molecule has 0 spiro atoms. The number of hydrogen-bond acceptors (Lipinski definition) is 4. The molecule has 1 aliphatic rings. The number of likely N-dealkylation sites (N-methyl/N-ethyl adjacent to an activating group) is 1. The zero-order valence-corrected chi connectivity index (χ0v) is 13.9. The van der Waals surface area contributed by atoms with Gasteiger partial charge in [-0.3, -0.25) is 9.59 Å². The first kappa shape index (κ1) is 17.0. The molecule has 25 heavy (non-hydrogen) atoms. The summed E-state index contributed by atoms with van der Waals surface area (Å²) >= 11 is 0. The van der Waals surface area contributed by atoms with Crippen LogP contribution in [-0.2, 0) is 14.3 Å². The Morgan fingerprint density at radius 3 is 2.64 bits per heavy atom. The summed E-state index contributed by atoms with van der Waals surface area (Å²) in [5, 5.41) is 2.70. The SMILES string of the molecule is Cc1ccc(NC(=O)[C@H]2OCC(=O)N(C)[C@@H]2c2ccc(F)cc2)nc1. The van der Waals surface area contributed by atoms with Crippen LogP contribution in [0, 0.1) is 12.7 Å². The molecule has 130 valence electrons. The molecule has 6 nitrogen and oxygen atoms in total. The van der Waals surface area contributed by atoms with Crippen molar-refractivity contribution in [3.63, 3.8) is 0 Å². The first-order valence-electron chi connectivity index (χ1n) is 7.82. The van der Waals surface area contributed by atoms with E-state index >= 15 is 0 Å². The van der Waals surface area contributed by atoms with Crippen LogP contribution in [0.5, 0.6) is 0 Å². The monoisotopic (exact) mass is 343 g/mol. The molecule has 0 unspecified atom stereocenters. The fraction of sp³-hybridized carbons (Fsp3) is 0.278. The topological polar surface area (TPSA) is 71.5 Å². The van der Waals surface area contributed by atoms with Gasteiger partial charge in [0.15, 0.2) is 6.10 Å². The van der Waals surface area contributed by atoms with E-state index in [0.29, 0.717) is 11.4 Å².